The van der Waals surface area contributed by atoms with Crippen LogP contribution in [0.4, 0.5) is 5.82 Å². The maximum Gasteiger partial charge on any atom is 0.352 e. The minimum atomic E-state index is -1.13. The summed E-state index contributed by atoms with van der Waals surface area (Å²) in [6.45, 7) is 2.10. The summed E-state index contributed by atoms with van der Waals surface area (Å²) in [5, 5.41) is 22.0. The number of carboxylic acid groups (broad SMARTS) is 1. The third-order valence-corrected chi connectivity index (χ3v) is 6.54. The molecule has 2 aromatic carbocycles. The van der Waals surface area contributed by atoms with Crippen molar-refractivity contribution >= 4 is 34.0 Å². The fourth-order valence-electron chi connectivity index (χ4n) is 5.04. The van der Waals surface area contributed by atoms with E-state index in [9.17, 15) is 19.8 Å². The lowest BCUT2D eigenvalue weighted by atomic mass is 9.82. The molecule has 0 spiro atoms. The lowest BCUT2D eigenvalue weighted by molar-refractivity contribution is -0.673. The molecule has 1 saturated heterocycles. The number of nitrogen functional groups attached to an aromatic ring is 1. The van der Waals surface area contributed by atoms with Crippen molar-refractivity contribution in [1.82, 2.24) is 4.90 Å². The van der Waals surface area contributed by atoms with Gasteiger partial charge < -0.3 is 15.1 Å². The first-order chi connectivity index (χ1) is 15.4. The van der Waals surface area contributed by atoms with E-state index >= 15 is 0 Å². The number of nitrogens with zero attached hydrogens (tertiary/aromatic N) is 2. The van der Waals surface area contributed by atoms with E-state index < -0.39 is 18.0 Å². The van der Waals surface area contributed by atoms with Gasteiger partial charge in [-0.25, -0.2) is 9.36 Å². The molecule has 2 aliphatic heterocycles. The van der Waals surface area contributed by atoms with Crippen molar-refractivity contribution < 1.29 is 24.4 Å². The number of pyridine rings is 1. The topological polar surface area (TPSA) is 108 Å². The number of carboxylic acids is 1. The van der Waals surface area contributed by atoms with E-state index in [1.54, 1.807) is 6.92 Å². The molecule has 1 fully saturated rings. The van der Waals surface area contributed by atoms with E-state index in [1.807, 2.05) is 65.4 Å². The molecular formula is C25H24N3O4+. The van der Waals surface area contributed by atoms with Crippen LogP contribution in [0.15, 0.2) is 66.5 Å². The van der Waals surface area contributed by atoms with Gasteiger partial charge in [0, 0.05) is 11.6 Å². The molecule has 32 heavy (non-hydrogen) atoms. The van der Waals surface area contributed by atoms with Gasteiger partial charge in [0.1, 0.15) is 12.2 Å². The Labute approximate surface area is 185 Å². The first kappa shape index (κ1) is 20.2. The second-order valence-corrected chi connectivity index (χ2v) is 8.49. The van der Waals surface area contributed by atoms with Crippen LogP contribution in [0.5, 0.6) is 0 Å². The smallest absolute Gasteiger partial charge is 0.352 e. The molecule has 3 atom stereocenters. The Morgan fingerprint density at radius 2 is 1.97 bits per heavy atom. The summed E-state index contributed by atoms with van der Waals surface area (Å²) in [5.41, 5.74) is 8.57. The second kappa shape index (κ2) is 7.46. The number of nitrogens with two attached hydrogens (primary N) is 1. The van der Waals surface area contributed by atoms with E-state index in [4.69, 9.17) is 5.73 Å². The molecule has 4 N–H and O–H groups in total. The lowest BCUT2D eigenvalue weighted by Crippen LogP contribution is -2.61. The van der Waals surface area contributed by atoms with Gasteiger partial charge in [-0.05, 0) is 53.5 Å². The van der Waals surface area contributed by atoms with Crippen LogP contribution in [0.25, 0.3) is 16.3 Å². The molecule has 0 saturated carbocycles. The number of amides is 1. The summed E-state index contributed by atoms with van der Waals surface area (Å²) in [7, 11) is 0. The van der Waals surface area contributed by atoms with Crippen molar-refractivity contribution in [3.63, 3.8) is 0 Å². The van der Waals surface area contributed by atoms with Crippen LogP contribution >= 0.6 is 0 Å². The standard InChI is InChI=1S/C25H23N3O4/c1-14(29)22-20-12-19(23(25(31)32)28(20)24(22)30)16-10-15-6-2-3-7-18(15)17(11-16)13-27-9-5-4-8-21(27)26/h2-11,14,20,22,26,29H,12-13H2,1H3,(H,31,32)/p+1/t14-,20-,22-/m1/s1. The molecule has 1 amide bonds. The normalized spacial score (nSPS) is 20.9. The molecule has 0 unspecified atom stereocenters. The van der Waals surface area contributed by atoms with Crippen molar-refractivity contribution in [1.29, 1.82) is 0 Å². The molecule has 3 heterocycles. The van der Waals surface area contributed by atoms with Crippen molar-refractivity contribution in [2.45, 2.75) is 32.0 Å². The number of carbonyl (C=O) groups is 2. The molecular weight excluding hydrogens is 406 g/mol. The van der Waals surface area contributed by atoms with Crippen LogP contribution in [0.3, 0.4) is 0 Å². The van der Waals surface area contributed by atoms with Gasteiger partial charge in [0.2, 0.25) is 5.91 Å². The predicted octanol–water partition coefficient (Wildman–Crippen LogP) is 2.16. The molecule has 0 bridgehead atoms. The van der Waals surface area contributed by atoms with Crippen molar-refractivity contribution in [3.05, 3.63) is 77.6 Å². The quantitative estimate of drug-likeness (QED) is 0.425. The Morgan fingerprint density at radius 3 is 2.69 bits per heavy atom. The Kier molecular flexibility index (Phi) is 4.71. The van der Waals surface area contributed by atoms with Crippen LogP contribution in [-0.2, 0) is 16.1 Å². The Morgan fingerprint density at radius 1 is 1.22 bits per heavy atom. The van der Waals surface area contributed by atoms with Crippen LogP contribution < -0.4 is 10.3 Å². The molecule has 3 aromatic rings. The SMILES string of the molecule is C[C@@H](O)[C@H]1C(=O)N2C(C(=O)O)=C(c3cc(C[n+]4ccccc4N)c4ccccc4c3)C[C@H]12. The number of aromatic nitrogens is 1. The number of benzene rings is 2. The first-order valence-electron chi connectivity index (χ1n) is 10.6. The van der Waals surface area contributed by atoms with Gasteiger partial charge in [0.05, 0.1) is 24.3 Å². The van der Waals surface area contributed by atoms with Gasteiger partial charge in [0.25, 0.3) is 5.82 Å². The van der Waals surface area contributed by atoms with Gasteiger partial charge in [-0.2, -0.15) is 0 Å². The second-order valence-electron chi connectivity index (χ2n) is 8.49. The predicted molar refractivity (Wildman–Crippen MR) is 119 cm³/mol. The number of aliphatic carboxylic acids is 1. The molecule has 0 aliphatic carbocycles. The van der Waals surface area contributed by atoms with Gasteiger partial charge in [0.15, 0.2) is 0 Å². The Hall–Kier alpha value is -3.71. The first-order valence-corrected chi connectivity index (χ1v) is 10.6. The number of aliphatic hydroxyl groups excluding tert-OH is 1. The number of carbonyl (C=O) groups excluding carboxylic acids is 1. The maximum atomic E-state index is 12.6. The number of aliphatic hydroxyl groups is 1. The molecule has 7 heteroatoms. The molecule has 0 radical (unpaired) electrons. The van der Waals surface area contributed by atoms with Gasteiger partial charge in [-0.1, -0.05) is 30.3 Å². The van der Waals surface area contributed by atoms with Crippen LogP contribution in [0, 0.1) is 5.92 Å². The zero-order valence-corrected chi connectivity index (χ0v) is 17.6. The zero-order valence-electron chi connectivity index (χ0n) is 17.6. The van der Waals surface area contributed by atoms with E-state index in [0.717, 1.165) is 21.9 Å². The Bertz CT molecular complexity index is 1300. The van der Waals surface area contributed by atoms with Crippen LogP contribution in [-0.4, -0.2) is 39.1 Å². The minimum absolute atomic E-state index is 0.0185. The zero-order chi connectivity index (χ0) is 22.6. The third kappa shape index (κ3) is 3.05. The highest BCUT2D eigenvalue weighted by Crippen LogP contribution is 2.47. The number of fused-ring (bicyclic) bond motifs is 2. The van der Waals surface area contributed by atoms with E-state index in [-0.39, 0.29) is 17.6 Å². The van der Waals surface area contributed by atoms with Crippen molar-refractivity contribution in [2.75, 3.05) is 5.73 Å². The summed E-state index contributed by atoms with van der Waals surface area (Å²) in [5.74, 6) is -1.40. The van der Waals surface area contributed by atoms with Crippen LogP contribution in [0.2, 0.25) is 0 Å². The molecule has 2 aliphatic rings. The maximum absolute atomic E-state index is 12.6. The third-order valence-electron chi connectivity index (χ3n) is 6.54. The average molecular weight is 430 g/mol. The lowest BCUT2D eigenvalue weighted by Gasteiger charge is -2.44. The molecule has 162 valence electrons. The molecule has 5 rings (SSSR count). The van der Waals surface area contributed by atoms with Gasteiger partial charge >= 0.3 is 5.97 Å². The Balaban J connectivity index is 1.64. The number of anilines is 1. The highest BCUT2D eigenvalue weighted by molar-refractivity contribution is 6.06. The van der Waals surface area contributed by atoms with Crippen molar-refractivity contribution in [3.8, 4) is 0 Å². The van der Waals surface area contributed by atoms with E-state index in [2.05, 4.69) is 0 Å². The summed E-state index contributed by atoms with van der Waals surface area (Å²) >= 11 is 0. The van der Waals surface area contributed by atoms with E-state index in [1.165, 1.54) is 4.90 Å². The summed E-state index contributed by atoms with van der Waals surface area (Å²) in [6.07, 6.45) is 1.50. The number of rotatable bonds is 5. The highest BCUT2D eigenvalue weighted by atomic mass is 16.4. The van der Waals surface area contributed by atoms with E-state index in [0.29, 0.717) is 24.4 Å². The molecule has 7 nitrogen and oxygen atoms in total. The molecule has 1 aromatic heterocycles. The summed E-state index contributed by atoms with van der Waals surface area (Å²) in [6, 6.07) is 17.2. The largest absolute Gasteiger partial charge is 0.477 e. The highest BCUT2D eigenvalue weighted by Gasteiger charge is 2.56. The average Bonchev–Trinajstić information content (AvgIpc) is 3.10. The van der Waals surface area contributed by atoms with Crippen molar-refractivity contribution in [2.24, 2.45) is 5.92 Å². The number of hydrogen-bond acceptors (Lipinski definition) is 4. The number of β-lactam (4-membered cyclic amide) rings is 1. The van der Waals surface area contributed by atoms with Gasteiger partial charge in [-0.3, -0.25) is 10.5 Å². The fraction of sp³-hybridized carbons (Fsp3) is 0.240. The summed E-state index contributed by atoms with van der Waals surface area (Å²) in [4.78, 5) is 26.1. The van der Waals surface area contributed by atoms with Gasteiger partial charge in [-0.15, -0.1) is 0 Å². The number of hydrogen-bond donors (Lipinski definition) is 3. The van der Waals surface area contributed by atoms with Crippen LogP contribution in [0.1, 0.15) is 24.5 Å². The fourth-order valence-corrected chi connectivity index (χ4v) is 5.04. The monoisotopic (exact) mass is 430 g/mol. The minimum Gasteiger partial charge on any atom is -0.477 e. The summed E-state index contributed by atoms with van der Waals surface area (Å²) < 4.78 is 1.94.